The van der Waals surface area contributed by atoms with E-state index < -0.39 is 0 Å². The van der Waals surface area contributed by atoms with E-state index in [1.807, 2.05) is 22.9 Å². The van der Waals surface area contributed by atoms with E-state index in [1.165, 1.54) is 0 Å². The van der Waals surface area contributed by atoms with Gasteiger partial charge in [-0.25, -0.2) is 9.97 Å². The van der Waals surface area contributed by atoms with Gasteiger partial charge in [-0.15, -0.1) is 24.8 Å². The fourth-order valence-electron chi connectivity index (χ4n) is 1.58. The third-order valence-electron chi connectivity index (χ3n) is 2.85. The van der Waals surface area contributed by atoms with Crippen LogP contribution in [-0.2, 0) is 11.3 Å². The Morgan fingerprint density at radius 1 is 1.43 bits per heavy atom. The highest BCUT2D eigenvalue weighted by atomic mass is 35.5. The molecule has 1 unspecified atom stereocenters. The molecule has 2 aromatic rings. The maximum Gasteiger partial charge on any atom is 0.224 e. The Balaban J connectivity index is 0.00000200. The summed E-state index contributed by atoms with van der Waals surface area (Å²) in [5.41, 5.74) is 6.43. The van der Waals surface area contributed by atoms with Crippen molar-refractivity contribution in [3.63, 3.8) is 0 Å². The highest BCUT2D eigenvalue weighted by Gasteiger charge is 2.10. The molecule has 0 radical (unpaired) electrons. The van der Waals surface area contributed by atoms with Gasteiger partial charge in [0.25, 0.3) is 0 Å². The van der Waals surface area contributed by atoms with Crippen LogP contribution in [0.2, 0.25) is 0 Å². The molecule has 8 heteroatoms. The SMILES string of the molecule is CC(CN)C(=O)NCc1ccnc(-n2ccnc2)c1.Cl.Cl. The normalized spacial score (nSPS) is 11.0. The van der Waals surface area contributed by atoms with Crippen molar-refractivity contribution in [2.45, 2.75) is 13.5 Å². The van der Waals surface area contributed by atoms with Gasteiger partial charge in [0.1, 0.15) is 12.1 Å². The number of halogens is 2. The van der Waals surface area contributed by atoms with E-state index >= 15 is 0 Å². The van der Waals surface area contributed by atoms with Crippen LogP contribution >= 0.6 is 24.8 Å². The maximum absolute atomic E-state index is 11.6. The van der Waals surface area contributed by atoms with Crippen LogP contribution in [0.5, 0.6) is 0 Å². The van der Waals surface area contributed by atoms with Gasteiger partial charge < -0.3 is 11.1 Å². The Morgan fingerprint density at radius 2 is 2.19 bits per heavy atom. The number of hydrogen-bond acceptors (Lipinski definition) is 4. The summed E-state index contributed by atoms with van der Waals surface area (Å²) in [4.78, 5) is 19.9. The first-order chi connectivity index (χ1) is 9.20. The number of hydrogen-bond donors (Lipinski definition) is 2. The summed E-state index contributed by atoms with van der Waals surface area (Å²) in [5.74, 6) is 0.564. The largest absolute Gasteiger partial charge is 0.352 e. The molecule has 0 aliphatic carbocycles. The second-order valence-electron chi connectivity index (χ2n) is 4.35. The second kappa shape index (κ2) is 9.33. The van der Waals surface area contributed by atoms with Crippen molar-refractivity contribution in [1.29, 1.82) is 0 Å². The van der Waals surface area contributed by atoms with Crippen molar-refractivity contribution in [2.24, 2.45) is 11.7 Å². The summed E-state index contributed by atoms with van der Waals surface area (Å²) in [5, 5.41) is 2.85. The average Bonchev–Trinajstić information content (AvgIpc) is 2.98. The Labute approximate surface area is 136 Å². The Hall–Kier alpha value is -1.63. The van der Waals surface area contributed by atoms with E-state index in [-0.39, 0.29) is 36.6 Å². The van der Waals surface area contributed by atoms with Gasteiger partial charge in [0, 0.05) is 37.6 Å². The fourth-order valence-corrected chi connectivity index (χ4v) is 1.58. The first kappa shape index (κ1) is 19.4. The van der Waals surface area contributed by atoms with Gasteiger partial charge in [-0.3, -0.25) is 9.36 Å². The minimum Gasteiger partial charge on any atom is -0.352 e. The summed E-state index contributed by atoms with van der Waals surface area (Å²) in [7, 11) is 0. The Morgan fingerprint density at radius 3 is 2.81 bits per heavy atom. The zero-order valence-electron chi connectivity index (χ0n) is 11.6. The molecule has 0 aliphatic heterocycles. The lowest BCUT2D eigenvalue weighted by molar-refractivity contribution is -0.124. The van der Waals surface area contributed by atoms with Gasteiger partial charge in [-0.05, 0) is 17.7 Å². The molecule has 2 heterocycles. The molecule has 6 nitrogen and oxygen atoms in total. The molecular formula is C13H19Cl2N5O. The van der Waals surface area contributed by atoms with Gasteiger partial charge in [0.2, 0.25) is 5.91 Å². The lowest BCUT2D eigenvalue weighted by Gasteiger charge is -2.10. The molecule has 2 rings (SSSR count). The average molecular weight is 332 g/mol. The van der Waals surface area contributed by atoms with Crippen molar-refractivity contribution in [3.8, 4) is 5.82 Å². The molecular weight excluding hydrogens is 313 g/mol. The smallest absolute Gasteiger partial charge is 0.224 e. The fraction of sp³-hybridized carbons (Fsp3) is 0.308. The standard InChI is InChI=1S/C13H17N5O.2ClH/c1-10(7-14)13(19)17-8-11-2-3-16-12(6-11)18-5-4-15-9-18;;/h2-6,9-10H,7-8,14H2,1H3,(H,17,19);2*1H. The highest BCUT2D eigenvalue weighted by molar-refractivity contribution is 5.85. The van der Waals surface area contributed by atoms with Crippen molar-refractivity contribution >= 4 is 30.7 Å². The number of amides is 1. The predicted molar refractivity (Wildman–Crippen MR) is 85.9 cm³/mol. The third kappa shape index (κ3) is 5.34. The number of pyridine rings is 1. The van der Waals surface area contributed by atoms with E-state index in [9.17, 15) is 4.79 Å². The topological polar surface area (TPSA) is 85.8 Å². The molecule has 3 N–H and O–H groups in total. The highest BCUT2D eigenvalue weighted by Crippen LogP contribution is 2.07. The third-order valence-corrected chi connectivity index (χ3v) is 2.85. The molecule has 0 saturated heterocycles. The summed E-state index contributed by atoms with van der Waals surface area (Å²) in [6.45, 7) is 2.62. The number of rotatable bonds is 5. The number of carbonyl (C=O) groups is 1. The Bertz CT molecular complexity index is 547. The van der Waals surface area contributed by atoms with Crippen LogP contribution in [0.25, 0.3) is 5.82 Å². The molecule has 1 amide bonds. The number of carbonyl (C=O) groups excluding carboxylic acids is 1. The number of nitrogens with zero attached hydrogens (tertiary/aromatic N) is 3. The number of aromatic nitrogens is 3. The zero-order valence-corrected chi connectivity index (χ0v) is 13.2. The summed E-state index contributed by atoms with van der Waals surface area (Å²) >= 11 is 0. The van der Waals surface area contributed by atoms with Crippen LogP contribution in [0.4, 0.5) is 0 Å². The van der Waals surface area contributed by atoms with Crippen molar-refractivity contribution < 1.29 is 4.79 Å². The van der Waals surface area contributed by atoms with Crippen molar-refractivity contribution in [1.82, 2.24) is 19.9 Å². The van der Waals surface area contributed by atoms with E-state index in [0.29, 0.717) is 13.1 Å². The van der Waals surface area contributed by atoms with Crippen LogP contribution in [0.1, 0.15) is 12.5 Å². The minimum absolute atomic E-state index is 0. The summed E-state index contributed by atoms with van der Waals surface area (Å²) in [6.07, 6.45) is 6.91. The first-order valence-corrected chi connectivity index (χ1v) is 6.11. The second-order valence-corrected chi connectivity index (χ2v) is 4.35. The number of imidazole rings is 1. The van der Waals surface area contributed by atoms with Gasteiger partial charge in [0.15, 0.2) is 0 Å². The van der Waals surface area contributed by atoms with Gasteiger partial charge in [-0.1, -0.05) is 6.92 Å². The van der Waals surface area contributed by atoms with Crippen molar-refractivity contribution in [3.05, 3.63) is 42.6 Å². The molecule has 0 aliphatic rings. The van der Waals surface area contributed by atoms with E-state index in [0.717, 1.165) is 11.4 Å². The minimum atomic E-state index is -0.171. The van der Waals surface area contributed by atoms with E-state index in [1.54, 1.807) is 25.6 Å². The van der Waals surface area contributed by atoms with Crippen LogP contribution < -0.4 is 11.1 Å². The van der Waals surface area contributed by atoms with Crippen LogP contribution in [0.15, 0.2) is 37.1 Å². The van der Waals surface area contributed by atoms with Gasteiger partial charge >= 0.3 is 0 Å². The quantitative estimate of drug-likeness (QED) is 0.865. The van der Waals surface area contributed by atoms with Crippen LogP contribution in [-0.4, -0.2) is 27.0 Å². The molecule has 0 saturated carbocycles. The summed E-state index contributed by atoms with van der Waals surface area (Å²) in [6, 6.07) is 3.78. The zero-order chi connectivity index (χ0) is 13.7. The maximum atomic E-state index is 11.6. The van der Waals surface area contributed by atoms with Gasteiger partial charge in [-0.2, -0.15) is 0 Å². The molecule has 2 aromatic heterocycles. The Kier molecular flexibility index (Phi) is 8.61. The molecule has 1 atom stereocenters. The van der Waals surface area contributed by atoms with Crippen LogP contribution in [0.3, 0.4) is 0 Å². The summed E-state index contributed by atoms with van der Waals surface area (Å²) < 4.78 is 1.81. The molecule has 0 aromatic carbocycles. The number of nitrogens with one attached hydrogen (secondary N) is 1. The monoisotopic (exact) mass is 331 g/mol. The number of nitrogens with two attached hydrogens (primary N) is 1. The lowest BCUT2D eigenvalue weighted by Crippen LogP contribution is -2.32. The van der Waals surface area contributed by atoms with E-state index in [4.69, 9.17) is 5.73 Å². The molecule has 21 heavy (non-hydrogen) atoms. The van der Waals surface area contributed by atoms with Gasteiger partial charge in [0.05, 0.1) is 0 Å². The van der Waals surface area contributed by atoms with E-state index in [2.05, 4.69) is 15.3 Å². The molecule has 0 spiro atoms. The first-order valence-electron chi connectivity index (χ1n) is 6.11. The van der Waals surface area contributed by atoms with Crippen LogP contribution in [0, 0.1) is 5.92 Å². The molecule has 0 fully saturated rings. The van der Waals surface area contributed by atoms with Crippen molar-refractivity contribution in [2.75, 3.05) is 6.54 Å². The lowest BCUT2D eigenvalue weighted by atomic mass is 10.1. The molecule has 116 valence electrons. The predicted octanol–water partition coefficient (Wildman–Crippen LogP) is 1.32. The molecule has 0 bridgehead atoms.